The second-order valence-electron chi connectivity index (χ2n) is 8.09. The molecule has 0 aliphatic heterocycles. The van der Waals surface area contributed by atoms with Gasteiger partial charge in [-0.2, -0.15) is 0 Å². The molecule has 0 fully saturated rings. The van der Waals surface area contributed by atoms with Crippen LogP contribution in [-0.4, -0.2) is 25.0 Å². The van der Waals surface area contributed by atoms with Crippen LogP contribution in [0.4, 0.5) is 10.7 Å². The molecule has 0 saturated heterocycles. The first kappa shape index (κ1) is 22.9. The number of hydrogen-bond acceptors (Lipinski definition) is 5. The van der Waals surface area contributed by atoms with Crippen molar-refractivity contribution in [1.29, 1.82) is 0 Å². The van der Waals surface area contributed by atoms with Crippen LogP contribution in [0.15, 0.2) is 54.6 Å². The van der Waals surface area contributed by atoms with Gasteiger partial charge >= 0.3 is 0 Å². The molecule has 3 aromatic rings. The van der Waals surface area contributed by atoms with Gasteiger partial charge in [-0.3, -0.25) is 9.59 Å². The lowest BCUT2D eigenvalue weighted by Gasteiger charge is -2.19. The predicted octanol–water partition coefficient (Wildman–Crippen LogP) is 5.54. The van der Waals surface area contributed by atoms with E-state index in [0.717, 1.165) is 29.7 Å². The SMILES string of the molecule is CCOc1ccccc1NC(=O)c1c(NC(=O)COc2ccccc2)sc2c1CC[C@@H](C)C2. The third-order valence-corrected chi connectivity index (χ3v) is 6.71. The van der Waals surface area contributed by atoms with Gasteiger partial charge in [0.1, 0.15) is 16.5 Å². The molecule has 0 bridgehead atoms. The largest absolute Gasteiger partial charge is 0.492 e. The standard InChI is InChI=1S/C26H28N2O4S/c1-3-31-21-12-8-7-11-20(21)27-25(30)24-19-14-13-17(2)15-22(19)33-26(24)28-23(29)16-32-18-9-5-4-6-10-18/h4-12,17H,3,13-16H2,1-2H3,(H,27,30)(H,28,29)/t17-/m1/s1. The van der Waals surface area contributed by atoms with E-state index >= 15 is 0 Å². The van der Waals surface area contributed by atoms with E-state index in [2.05, 4.69) is 17.6 Å². The molecule has 2 amide bonds. The number of amides is 2. The number of benzene rings is 2. The van der Waals surface area contributed by atoms with Gasteiger partial charge in [0, 0.05) is 4.88 Å². The highest BCUT2D eigenvalue weighted by molar-refractivity contribution is 7.17. The molecule has 6 nitrogen and oxygen atoms in total. The van der Waals surface area contributed by atoms with Gasteiger partial charge in [-0.05, 0) is 61.9 Å². The van der Waals surface area contributed by atoms with Crippen molar-refractivity contribution in [2.45, 2.75) is 33.1 Å². The number of carbonyl (C=O) groups is 2. The fourth-order valence-electron chi connectivity index (χ4n) is 3.94. The van der Waals surface area contributed by atoms with E-state index < -0.39 is 0 Å². The van der Waals surface area contributed by atoms with Crippen LogP contribution < -0.4 is 20.1 Å². The molecule has 1 aromatic heterocycles. The molecule has 0 radical (unpaired) electrons. The van der Waals surface area contributed by atoms with Crippen molar-refractivity contribution < 1.29 is 19.1 Å². The molecule has 0 spiro atoms. The minimum atomic E-state index is -0.297. The summed E-state index contributed by atoms with van der Waals surface area (Å²) in [6.45, 7) is 4.49. The Morgan fingerprint density at radius 1 is 1.03 bits per heavy atom. The molecule has 1 atom stereocenters. The number of hydrogen-bond donors (Lipinski definition) is 2. The summed E-state index contributed by atoms with van der Waals surface area (Å²) in [6.07, 6.45) is 2.75. The molecule has 33 heavy (non-hydrogen) atoms. The molecule has 2 N–H and O–H groups in total. The van der Waals surface area contributed by atoms with Crippen LogP contribution in [0, 0.1) is 5.92 Å². The summed E-state index contributed by atoms with van der Waals surface area (Å²) < 4.78 is 11.2. The molecule has 172 valence electrons. The van der Waals surface area contributed by atoms with Crippen LogP contribution in [0.3, 0.4) is 0 Å². The quantitative estimate of drug-likeness (QED) is 0.459. The number of ether oxygens (including phenoxy) is 2. The molecular formula is C26H28N2O4S. The average Bonchev–Trinajstić information content (AvgIpc) is 3.16. The number of rotatable bonds is 8. The second-order valence-corrected chi connectivity index (χ2v) is 9.19. The lowest BCUT2D eigenvalue weighted by Crippen LogP contribution is -2.22. The van der Waals surface area contributed by atoms with Gasteiger partial charge in [0.15, 0.2) is 6.61 Å². The van der Waals surface area contributed by atoms with Crippen LogP contribution in [0.25, 0.3) is 0 Å². The van der Waals surface area contributed by atoms with Gasteiger partial charge in [0.05, 0.1) is 17.9 Å². The summed E-state index contributed by atoms with van der Waals surface area (Å²) in [4.78, 5) is 27.2. The molecule has 0 unspecified atom stereocenters. The smallest absolute Gasteiger partial charge is 0.262 e. The summed E-state index contributed by atoms with van der Waals surface area (Å²) in [5.41, 5.74) is 2.18. The first-order valence-electron chi connectivity index (χ1n) is 11.2. The summed E-state index contributed by atoms with van der Waals surface area (Å²) in [6, 6.07) is 16.6. The van der Waals surface area contributed by atoms with E-state index in [-0.39, 0.29) is 18.4 Å². The Labute approximate surface area is 197 Å². The monoisotopic (exact) mass is 464 g/mol. The van der Waals surface area contributed by atoms with E-state index in [1.165, 1.54) is 11.3 Å². The maximum atomic E-state index is 13.4. The highest BCUT2D eigenvalue weighted by atomic mass is 32.1. The number of carbonyl (C=O) groups excluding carboxylic acids is 2. The second kappa shape index (κ2) is 10.5. The van der Waals surface area contributed by atoms with E-state index in [9.17, 15) is 9.59 Å². The third-order valence-electron chi connectivity index (χ3n) is 5.54. The zero-order chi connectivity index (χ0) is 23.2. The van der Waals surface area contributed by atoms with Crippen LogP contribution in [-0.2, 0) is 17.6 Å². The van der Waals surface area contributed by atoms with E-state index in [1.54, 1.807) is 12.1 Å². The first-order valence-corrected chi connectivity index (χ1v) is 12.0. The summed E-state index contributed by atoms with van der Waals surface area (Å²) >= 11 is 1.49. The van der Waals surface area contributed by atoms with E-state index in [4.69, 9.17) is 9.47 Å². The maximum Gasteiger partial charge on any atom is 0.262 e. The Hall–Kier alpha value is -3.32. The first-order chi connectivity index (χ1) is 16.0. The Morgan fingerprint density at radius 3 is 2.58 bits per heavy atom. The number of thiophene rings is 1. The maximum absolute atomic E-state index is 13.4. The molecule has 4 rings (SSSR count). The fraction of sp³-hybridized carbons (Fsp3) is 0.308. The number of fused-ring (bicyclic) bond motifs is 1. The molecule has 1 aliphatic carbocycles. The lowest BCUT2D eigenvalue weighted by molar-refractivity contribution is -0.118. The van der Waals surface area contributed by atoms with Crippen molar-refractivity contribution in [1.82, 2.24) is 0 Å². The molecular weight excluding hydrogens is 436 g/mol. The highest BCUT2D eigenvalue weighted by Gasteiger charge is 2.29. The van der Waals surface area contributed by atoms with Crippen molar-refractivity contribution in [3.8, 4) is 11.5 Å². The number of anilines is 2. The van der Waals surface area contributed by atoms with Crippen molar-refractivity contribution >= 4 is 33.8 Å². The van der Waals surface area contributed by atoms with E-state index in [1.807, 2.05) is 49.4 Å². The van der Waals surface area contributed by atoms with Crippen LogP contribution >= 0.6 is 11.3 Å². The van der Waals surface area contributed by atoms with Crippen molar-refractivity contribution in [3.05, 3.63) is 70.6 Å². The van der Waals surface area contributed by atoms with Crippen LogP contribution in [0.5, 0.6) is 11.5 Å². The molecule has 2 aromatic carbocycles. The molecule has 1 heterocycles. The molecule has 0 saturated carbocycles. The Morgan fingerprint density at radius 2 is 1.79 bits per heavy atom. The molecule has 7 heteroatoms. The minimum absolute atomic E-state index is 0.128. The highest BCUT2D eigenvalue weighted by Crippen LogP contribution is 2.40. The van der Waals surface area contributed by atoms with Gasteiger partial charge in [0.25, 0.3) is 11.8 Å². The zero-order valence-electron chi connectivity index (χ0n) is 18.9. The number of para-hydroxylation sites is 3. The van der Waals surface area contributed by atoms with Crippen LogP contribution in [0.1, 0.15) is 41.1 Å². The van der Waals surface area contributed by atoms with Crippen LogP contribution in [0.2, 0.25) is 0 Å². The van der Waals surface area contributed by atoms with Crippen molar-refractivity contribution in [2.24, 2.45) is 5.92 Å². The van der Waals surface area contributed by atoms with Gasteiger partial charge in [-0.25, -0.2) is 0 Å². The summed E-state index contributed by atoms with van der Waals surface area (Å²) in [5.74, 6) is 1.25. The Kier molecular flexibility index (Phi) is 7.29. The zero-order valence-corrected chi connectivity index (χ0v) is 19.7. The van der Waals surface area contributed by atoms with E-state index in [0.29, 0.717) is 40.3 Å². The minimum Gasteiger partial charge on any atom is -0.492 e. The van der Waals surface area contributed by atoms with Gasteiger partial charge < -0.3 is 20.1 Å². The normalized spacial score (nSPS) is 14.8. The Balaban J connectivity index is 1.56. The topological polar surface area (TPSA) is 76.7 Å². The van der Waals surface area contributed by atoms with Gasteiger partial charge in [0.2, 0.25) is 0 Å². The predicted molar refractivity (Wildman–Crippen MR) is 132 cm³/mol. The van der Waals surface area contributed by atoms with Crippen molar-refractivity contribution in [3.63, 3.8) is 0 Å². The van der Waals surface area contributed by atoms with Gasteiger partial charge in [-0.1, -0.05) is 37.3 Å². The third kappa shape index (κ3) is 5.54. The average molecular weight is 465 g/mol. The number of nitrogens with one attached hydrogen (secondary N) is 2. The summed E-state index contributed by atoms with van der Waals surface area (Å²) in [7, 11) is 0. The van der Waals surface area contributed by atoms with Gasteiger partial charge in [-0.15, -0.1) is 11.3 Å². The lowest BCUT2D eigenvalue weighted by atomic mass is 9.88. The molecule has 1 aliphatic rings. The summed E-state index contributed by atoms with van der Waals surface area (Å²) in [5, 5.41) is 6.48. The van der Waals surface area contributed by atoms with Crippen molar-refractivity contribution in [2.75, 3.05) is 23.8 Å². The fourth-order valence-corrected chi connectivity index (χ4v) is 5.37. The Bertz CT molecular complexity index is 1130.